The van der Waals surface area contributed by atoms with Gasteiger partial charge in [-0.1, -0.05) is 5.16 Å². The van der Waals surface area contributed by atoms with Crippen LogP contribution < -0.4 is 5.32 Å². The lowest BCUT2D eigenvalue weighted by atomic mass is 10.0. The zero-order valence-electron chi connectivity index (χ0n) is 14.8. The van der Waals surface area contributed by atoms with Gasteiger partial charge in [-0.25, -0.2) is 4.98 Å². The number of nitrogens with one attached hydrogen (secondary N) is 1. The summed E-state index contributed by atoms with van der Waals surface area (Å²) in [4.78, 5) is 18.3. The Morgan fingerprint density at radius 2 is 2.31 bits per heavy atom. The van der Waals surface area contributed by atoms with E-state index < -0.39 is 6.10 Å². The maximum atomic E-state index is 12.3. The standard InChI is InChI=1S/C18H21N5O3/c1-11-15(12(2)26-22-11)9-23-6-5-16(17(24)10-23)21-18(25)13-3-4-14(7-19)20-8-13/h3-4,8,16-17,24H,5-6,9-10H2,1-2H3,(H,21,25)/t16-,17-/m1/s1. The number of rotatable bonds is 4. The van der Waals surface area contributed by atoms with E-state index in [4.69, 9.17) is 9.78 Å². The van der Waals surface area contributed by atoms with Crippen molar-refractivity contribution in [2.45, 2.75) is 39.0 Å². The van der Waals surface area contributed by atoms with E-state index in [1.54, 1.807) is 6.07 Å². The van der Waals surface area contributed by atoms with Crippen molar-refractivity contribution in [1.82, 2.24) is 20.4 Å². The fourth-order valence-corrected chi connectivity index (χ4v) is 3.11. The van der Waals surface area contributed by atoms with Crippen molar-refractivity contribution in [2.75, 3.05) is 13.1 Å². The van der Waals surface area contributed by atoms with Crippen LogP contribution >= 0.6 is 0 Å². The molecule has 1 fully saturated rings. The largest absolute Gasteiger partial charge is 0.390 e. The normalized spacial score (nSPS) is 20.5. The average Bonchev–Trinajstić information content (AvgIpc) is 2.96. The Morgan fingerprint density at radius 1 is 1.50 bits per heavy atom. The molecular formula is C18H21N5O3. The molecule has 26 heavy (non-hydrogen) atoms. The minimum Gasteiger partial charge on any atom is -0.390 e. The first-order valence-corrected chi connectivity index (χ1v) is 8.47. The molecular weight excluding hydrogens is 334 g/mol. The molecule has 0 spiro atoms. The highest BCUT2D eigenvalue weighted by atomic mass is 16.5. The van der Waals surface area contributed by atoms with Gasteiger partial charge in [0, 0.05) is 31.4 Å². The number of aryl methyl sites for hydroxylation is 2. The van der Waals surface area contributed by atoms with E-state index >= 15 is 0 Å². The highest BCUT2D eigenvalue weighted by Crippen LogP contribution is 2.19. The van der Waals surface area contributed by atoms with E-state index in [0.29, 0.717) is 25.1 Å². The van der Waals surface area contributed by atoms with Crippen molar-refractivity contribution in [3.63, 3.8) is 0 Å². The Balaban J connectivity index is 1.57. The van der Waals surface area contributed by atoms with Gasteiger partial charge in [0.25, 0.3) is 5.91 Å². The van der Waals surface area contributed by atoms with E-state index in [1.807, 2.05) is 19.9 Å². The summed E-state index contributed by atoms with van der Waals surface area (Å²) < 4.78 is 5.18. The van der Waals surface area contributed by atoms with Gasteiger partial charge in [0.1, 0.15) is 17.5 Å². The molecule has 0 aliphatic carbocycles. The smallest absolute Gasteiger partial charge is 0.253 e. The molecule has 1 aliphatic rings. The number of pyridine rings is 1. The number of aliphatic hydroxyl groups excluding tert-OH is 1. The molecule has 1 aliphatic heterocycles. The SMILES string of the molecule is Cc1noc(C)c1CN1CC[C@@H](NC(=O)c2ccc(C#N)nc2)[C@H](O)C1. The van der Waals surface area contributed by atoms with Gasteiger partial charge in [0.15, 0.2) is 0 Å². The Hall–Kier alpha value is -2.76. The number of β-amino-alcohol motifs (C(OH)–C–C–N with tert-alkyl or cyclic N) is 1. The summed E-state index contributed by atoms with van der Waals surface area (Å²) in [7, 11) is 0. The lowest BCUT2D eigenvalue weighted by Gasteiger charge is -2.36. The van der Waals surface area contributed by atoms with E-state index in [-0.39, 0.29) is 17.6 Å². The molecule has 8 heteroatoms. The molecule has 3 rings (SSSR count). The summed E-state index contributed by atoms with van der Waals surface area (Å²) in [6.07, 6.45) is 1.34. The van der Waals surface area contributed by atoms with Crippen molar-refractivity contribution in [3.05, 3.63) is 46.6 Å². The third kappa shape index (κ3) is 3.90. The highest BCUT2D eigenvalue weighted by Gasteiger charge is 2.30. The van der Waals surface area contributed by atoms with Crippen LogP contribution in [0.4, 0.5) is 0 Å². The summed E-state index contributed by atoms with van der Waals surface area (Å²) >= 11 is 0. The van der Waals surface area contributed by atoms with Gasteiger partial charge < -0.3 is 14.9 Å². The second kappa shape index (κ2) is 7.64. The van der Waals surface area contributed by atoms with Gasteiger partial charge in [-0.2, -0.15) is 5.26 Å². The zero-order chi connectivity index (χ0) is 18.7. The predicted molar refractivity (Wildman–Crippen MR) is 92.1 cm³/mol. The van der Waals surface area contributed by atoms with Crippen molar-refractivity contribution in [1.29, 1.82) is 5.26 Å². The first-order chi connectivity index (χ1) is 12.5. The molecule has 0 radical (unpaired) electrons. The molecule has 2 atom stereocenters. The Morgan fingerprint density at radius 3 is 2.88 bits per heavy atom. The first kappa shape index (κ1) is 18.0. The maximum Gasteiger partial charge on any atom is 0.253 e. The maximum absolute atomic E-state index is 12.3. The zero-order valence-corrected chi connectivity index (χ0v) is 14.8. The van der Waals surface area contributed by atoms with Crippen molar-refractivity contribution < 1.29 is 14.4 Å². The van der Waals surface area contributed by atoms with Crippen LogP contribution in [0.5, 0.6) is 0 Å². The molecule has 1 amide bonds. The van der Waals surface area contributed by atoms with E-state index in [0.717, 1.165) is 23.6 Å². The number of likely N-dealkylation sites (tertiary alicyclic amines) is 1. The number of piperidine rings is 1. The van der Waals surface area contributed by atoms with Gasteiger partial charge >= 0.3 is 0 Å². The summed E-state index contributed by atoms with van der Waals surface area (Å²) in [5.74, 6) is 0.492. The van der Waals surface area contributed by atoms with Crippen LogP contribution in [0.1, 0.15) is 39.5 Å². The summed E-state index contributed by atoms with van der Waals surface area (Å²) in [5, 5.41) is 26.0. The van der Waals surface area contributed by atoms with Crippen molar-refractivity contribution >= 4 is 5.91 Å². The summed E-state index contributed by atoms with van der Waals surface area (Å²) in [5.41, 5.74) is 2.53. The van der Waals surface area contributed by atoms with E-state index in [9.17, 15) is 9.90 Å². The van der Waals surface area contributed by atoms with Crippen LogP contribution in [0.3, 0.4) is 0 Å². The number of hydrogen-bond acceptors (Lipinski definition) is 7. The number of carbonyl (C=O) groups excluding carboxylic acids is 1. The number of amides is 1. The molecule has 0 unspecified atom stereocenters. The Bertz CT molecular complexity index is 805. The molecule has 2 aromatic heterocycles. The average molecular weight is 355 g/mol. The van der Waals surface area contributed by atoms with Gasteiger partial charge in [-0.3, -0.25) is 9.69 Å². The minimum atomic E-state index is -0.667. The molecule has 8 nitrogen and oxygen atoms in total. The summed E-state index contributed by atoms with van der Waals surface area (Å²) in [6.45, 7) is 5.65. The van der Waals surface area contributed by atoms with Gasteiger partial charge in [-0.05, 0) is 32.4 Å². The van der Waals surface area contributed by atoms with Crippen LogP contribution in [0, 0.1) is 25.2 Å². The number of aliphatic hydroxyl groups is 1. The Labute approximate surface area is 151 Å². The molecule has 2 N–H and O–H groups in total. The lowest BCUT2D eigenvalue weighted by molar-refractivity contribution is 0.0347. The third-order valence-electron chi connectivity index (χ3n) is 4.69. The Kier molecular flexibility index (Phi) is 5.30. The quantitative estimate of drug-likeness (QED) is 0.838. The van der Waals surface area contributed by atoms with E-state index in [1.165, 1.54) is 12.3 Å². The third-order valence-corrected chi connectivity index (χ3v) is 4.69. The van der Waals surface area contributed by atoms with Crippen molar-refractivity contribution in [3.8, 4) is 6.07 Å². The highest BCUT2D eigenvalue weighted by molar-refractivity contribution is 5.94. The van der Waals surface area contributed by atoms with Crippen LogP contribution in [0.25, 0.3) is 0 Å². The van der Waals surface area contributed by atoms with Gasteiger partial charge in [0.2, 0.25) is 0 Å². The fraction of sp³-hybridized carbons (Fsp3) is 0.444. The molecule has 136 valence electrons. The fourth-order valence-electron chi connectivity index (χ4n) is 3.11. The number of nitrogens with zero attached hydrogens (tertiary/aromatic N) is 4. The number of nitriles is 1. The summed E-state index contributed by atoms with van der Waals surface area (Å²) in [6, 6.07) is 4.65. The second-order valence-corrected chi connectivity index (χ2v) is 6.52. The number of aromatic nitrogens is 2. The minimum absolute atomic E-state index is 0.259. The molecule has 0 bridgehead atoms. The molecule has 2 aromatic rings. The van der Waals surface area contributed by atoms with Gasteiger partial charge in [-0.15, -0.1) is 0 Å². The second-order valence-electron chi connectivity index (χ2n) is 6.52. The van der Waals surface area contributed by atoms with Crippen LogP contribution in [0.15, 0.2) is 22.9 Å². The topological polar surface area (TPSA) is 115 Å². The van der Waals surface area contributed by atoms with Gasteiger partial charge in [0.05, 0.1) is 23.4 Å². The van der Waals surface area contributed by atoms with Crippen LogP contribution in [-0.4, -0.2) is 51.3 Å². The molecule has 1 saturated heterocycles. The van der Waals surface area contributed by atoms with Crippen molar-refractivity contribution in [2.24, 2.45) is 0 Å². The molecule has 0 saturated carbocycles. The van der Waals surface area contributed by atoms with Crippen LogP contribution in [0.2, 0.25) is 0 Å². The number of carbonyl (C=O) groups is 1. The lowest BCUT2D eigenvalue weighted by Crippen LogP contribution is -2.53. The number of hydrogen-bond donors (Lipinski definition) is 2. The molecule has 0 aromatic carbocycles. The van der Waals surface area contributed by atoms with E-state index in [2.05, 4.69) is 20.4 Å². The molecule has 3 heterocycles. The van der Waals surface area contributed by atoms with Crippen LogP contribution in [-0.2, 0) is 6.54 Å². The first-order valence-electron chi connectivity index (χ1n) is 8.47. The predicted octanol–water partition coefficient (Wildman–Crippen LogP) is 0.923. The monoisotopic (exact) mass is 355 g/mol.